The lowest BCUT2D eigenvalue weighted by molar-refractivity contribution is 0.0672. The van der Waals surface area contributed by atoms with Gasteiger partial charge >= 0.3 is 0 Å². The second kappa shape index (κ2) is 8.02. The molecule has 0 fully saturated rings. The van der Waals surface area contributed by atoms with Crippen LogP contribution < -0.4 is 0 Å². The topological polar surface area (TPSA) is 74.0 Å². The minimum absolute atomic E-state index is 0.00924. The monoisotopic (exact) mass is 305 g/mol. The highest BCUT2D eigenvalue weighted by molar-refractivity contribution is 6.46. The van der Waals surface area contributed by atoms with E-state index in [1.54, 1.807) is 6.21 Å². The van der Waals surface area contributed by atoms with Gasteiger partial charge in [-0.25, -0.2) is 0 Å². The Morgan fingerprint density at radius 2 is 2.14 bits per heavy atom. The molecule has 0 radical (unpaired) electrons. The predicted molar refractivity (Wildman–Crippen MR) is 83.1 cm³/mol. The SMILES string of the molecule is CO/N=C(/C1=NOCCO1)c1ccccc1/C=N/OC(C)C. The fourth-order valence-electron chi connectivity index (χ4n) is 1.75. The van der Waals surface area contributed by atoms with E-state index in [-0.39, 0.29) is 12.0 Å². The van der Waals surface area contributed by atoms with E-state index in [0.717, 1.165) is 11.1 Å². The van der Waals surface area contributed by atoms with Crippen molar-refractivity contribution < 1.29 is 19.2 Å². The Labute approximate surface area is 129 Å². The van der Waals surface area contributed by atoms with Gasteiger partial charge in [-0.3, -0.25) is 0 Å². The van der Waals surface area contributed by atoms with Crippen molar-refractivity contribution in [1.82, 2.24) is 0 Å². The maximum Gasteiger partial charge on any atom is 0.280 e. The largest absolute Gasteiger partial charge is 0.470 e. The lowest BCUT2D eigenvalue weighted by atomic mass is 10.0. The van der Waals surface area contributed by atoms with E-state index in [1.807, 2.05) is 38.1 Å². The summed E-state index contributed by atoms with van der Waals surface area (Å²) in [5.41, 5.74) is 1.99. The van der Waals surface area contributed by atoms with Gasteiger partial charge in [-0.2, -0.15) is 0 Å². The summed E-state index contributed by atoms with van der Waals surface area (Å²) in [6.07, 6.45) is 1.63. The van der Waals surface area contributed by atoms with Crippen molar-refractivity contribution >= 4 is 17.8 Å². The molecular formula is C15H19N3O4. The van der Waals surface area contributed by atoms with Gasteiger partial charge in [0.2, 0.25) is 0 Å². The van der Waals surface area contributed by atoms with Gasteiger partial charge in [-0.15, -0.1) is 0 Å². The van der Waals surface area contributed by atoms with Crippen LogP contribution in [0, 0.1) is 0 Å². The summed E-state index contributed by atoms with van der Waals surface area (Å²) in [7, 11) is 1.46. The molecule has 118 valence electrons. The van der Waals surface area contributed by atoms with Crippen LogP contribution >= 0.6 is 0 Å². The third-order valence-electron chi connectivity index (χ3n) is 2.63. The molecule has 1 aliphatic heterocycles. The van der Waals surface area contributed by atoms with E-state index < -0.39 is 0 Å². The molecule has 1 aliphatic rings. The van der Waals surface area contributed by atoms with E-state index in [1.165, 1.54) is 7.11 Å². The number of rotatable bonds is 6. The molecule has 0 amide bonds. The van der Waals surface area contributed by atoms with Crippen LogP contribution in [-0.4, -0.2) is 44.3 Å². The Kier molecular flexibility index (Phi) is 5.76. The molecule has 0 saturated carbocycles. The summed E-state index contributed by atoms with van der Waals surface area (Å²) in [6.45, 7) is 4.63. The molecule has 0 atom stereocenters. The Hall–Kier alpha value is -2.57. The fraction of sp³-hybridized carbons (Fsp3) is 0.400. The summed E-state index contributed by atoms with van der Waals surface area (Å²) in [6, 6.07) is 7.53. The third-order valence-corrected chi connectivity index (χ3v) is 2.63. The lowest BCUT2D eigenvalue weighted by Gasteiger charge is -2.15. The number of ether oxygens (including phenoxy) is 1. The molecule has 0 spiro atoms. The van der Waals surface area contributed by atoms with Gasteiger partial charge in [0.1, 0.15) is 19.8 Å². The normalized spacial score (nSPS) is 15.3. The van der Waals surface area contributed by atoms with Crippen molar-refractivity contribution in [3.63, 3.8) is 0 Å². The first-order valence-electron chi connectivity index (χ1n) is 6.95. The average Bonchev–Trinajstić information content (AvgIpc) is 2.54. The van der Waals surface area contributed by atoms with E-state index in [9.17, 15) is 0 Å². The summed E-state index contributed by atoms with van der Waals surface area (Å²) >= 11 is 0. The van der Waals surface area contributed by atoms with Crippen LogP contribution in [0.5, 0.6) is 0 Å². The molecule has 1 aromatic carbocycles. The summed E-state index contributed by atoms with van der Waals surface area (Å²) in [5.74, 6) is 0.277. The molecular weight excluding hydrogens is 286 g/mol. The molecule has 7 heteroatoms. The maximum atomic E-state index is 5.48. The van der Waals surface area contributed by atoms with Gasteiger partial charge in [0, 0.05) is 11.1 Å². The van der Waals surface area contributed by atoms with Crippen LogP contribution in [0.1, 0.15) is 25.0 Å². The summed E-state index contributed by atoms with van der Waals surface area (Å²) in [4.78, 5) is 15.2. The highest BCUT2D eigenvalue weighted by atomic mass is 16.7. The molecule has 0 N–H and O–H groups in total. The van der Waals surface area contributed by atoms with Crippen molar-refractivity contribution in [2.45, 2.75) is 20.0 Å². The van der Waals surface area contributed by atoms with Crippen LogP contribution in [-0.2, 0) is 19.2 Å². The zero-order valence-electron chi connectivity index (χ0n) is 12.9. The highest BCUT2D eigenvalue weighted by Gasteiger charge is 2.20. The van der Waals surface area contributed by atoms with Gasteiger partial charge < -0.3 is 19.2 Å². The Morgan fingerprint density at radius 1 is 1.32 bits per heavy atom. The van der Waals surface area contributed by atoms with E-state index >= 15 is 0 Å². The molecule has 1 aromatic rings. The second-order valence-electron chi connectivity index (χ2n) is 4.68. The molecule has 1 heterocycles. The molecule has 22 heavy (non-hydrogen) atoms. The second-order valence-corrected chi connectivity index (χ2v) is 4.68. The van der Waals surface area contributed by atoms with Crippen molar-refractivity contribution in [2.75, 3.05) is 20.3 Å². The van der Waals surface area contributed by atoms with Crippen LogP contribution in [0.3, 0.4) is 0 Å². The van der Waals surface area contributed by atoms with Crippen LogP contribution in [0.25, 0.3) is 0 Å². The average molecular weight is 305 g/mol. The van der Waals surface area contributed by atoms with Crippen molar-refractivity contribution in [3.05, 3.63) is 35.4 Å². The molecule has 0 aromatic heterocycles. The maximum absolute atomic E-state index is 5.48. The number of hydrogen-bond donors (Lipinski definition) is 0. The Morgan fingerprint density at radius 3 is 2.82 bits per heavy atom. The standard InChI is InChI=1S/C15H19N3O4/c1-11(2)22-16-10-12-6-4-5-7-13(12)14(17-19-3)15-18-21-9-8-20-15/h4-7,10-11H,8-9H2,1-3H3/b16-10+,17-14+. The minimum Gasteiger partial charge on any atom is -0.470 e. The highest BCUT2D eigenvalue weighted by Crippen LogP contribution is 2.12. The van der Waals surface area contributed by atoms with E-state index in [4.69, 9.17) is 19.2 Å². The molecule has 0 bridgehead atoms. The zero-order chi connectivity index (χ0) is 15.8. The Bertz CT molecular complexity index is 582. The van der Waals surface area contributed by atoms with Gasteiger partial charge in [0.15, 0.2) is 12.3 Å². The van der Waals surface area contributed by atoms with Gasteiger partial charge in [-0.05, 0) is 19.0 Å². The molecule has 0 saturated heterocycles. The van der Waals surface area contributed by atoms with Crippen LogP contribution in [0.15, 0.2) is 39.7 Å². The molecule has 7 nitrogen and oxygen atoms in total. The minimum atomic E-state index is 0.00924. The van der Waals surface area contributed by atoms with Gasteiger partial charge in [-0.1, -0.05) is 34.6 Å². The quantitative estimate of drug-likeness (QED) is 0.596. The predicted octanol–water partition coefficient (Wildman–Crippen LogP) is 2.16. The third kappa shape index (κ3) is 4.21. The molecule has 0 unspecified atom stereocenters. The van der Waals surface area contributed by atoms with Gasteiger partial charge in [0.25, 0.3) is 5.90 Å². The van der Waals surface area contributed by atoms with Crippen molar-refractivity contribution in [1.29, 1.82) is 0 Å². The van der Waals surface area contributed by atoms with Crippen molar-refractivity contribution in [3.8, 4) is 0 Å². The van der Waals surface area contributed by atoms with Gasteiger partial charge in [0.05, 0.1) is 6.21 Å². The van der Waals surface area contributed by atoms with E-state index in [2.05, 4.69) is 15.5 Å². The molecule has 2 rings (SSSR count). The number of nitrogens with zero attached hydrogens (tertiary/aromatic N) is 3. The number of hydrogen-bond acceptors (Lipinski definition) is 7. The van der Waals surface area contributed by atoms with Crippen molar-refractivity contribution in [2.24, 2.45) is 15.5 Å². The Balaban J connectivity index is 2.34. The first-order chi connectivity index (χ1) is 10.7. The smallest absolute Gasteiger partial charge is 0.280 e. The number of benzene rings is 1. The van der Waals surface area contributed by atoms with Crippen LogP contribution in [0.2, 0.25) is 0 Å². The van der Waals surface area contributed by atoms with E-state index in [0.29, 0.717) is 18.9 Å². The summed E-state index contributed by atoms with van der Waals surface area (Å²) < 4.78 is 5.48. The fourth-order valence-corrected chi connectivity index (χ4v) is 1.75. The van der Waals surface area contributed by atoms with Crippen LogP contribution in [0.4, 0.5) is 0 Å². The first-order valence-corrected chi connectivity index (χ1v) is 6.95. The lowest BCUT2D eigenvalue weighted by Crippen LogP contribution is -2.26. The number of oxime groups is 3. The molecule has 0 aliphatic carbocycles. The summed E-state index contributed by atoms with van der Waals surface area (Å²) in [5, 5.41) is 11.8. The first kappa shape index (κ1) is 15.8. The zero-order valence-corrected chi connectivity index (χ0v) is 12.9.